The van der Waals surface area contributed by atoms with E-state index in [1.165, 1.54) is 39.8 Å². The zero-order chi connectivity index (χ0) is 19.6. The molecule has 0 bridgehead atoms. The van der Waals surface area contributed by atoms with Gasteiger partial charge in [-0.2, -0.15) is 0 Å². The number of rotatable bonds is 6. The van der Waals surface area contributed by atoms with Crippen molar-refractivity contribution in [1.29, 1.82) is 0 Å². The maximum Gasteiger partial charge on any atom is 0.263 e. The number of fused-ring (bicyclic) bond motifs is 1. The lowest BCUT2D eigenvalue weighted by Crippen LogP contribution is -2.31. The molecule has 27 heavy (non-hydrogen) atoms. The molecule has 8 heteroatoms. The van der Waals surface area contributed by atoms with Crippen LogP contribution in [0.25, 0.3) is 21.3 Å². The molecule has 3 rings (SSSR count). The Morgan fingerprint density at radius 3 is 2.81 bits per heavy atom. The Hall–Kier alpha value is -2.45. The fourth-order valence-corrected chi connectivity index (χ4v) is 4.42. The zero-order valence-corrected chi connectivity index (χ0v) is 16.5. The monoisotopic (exact) mass is 403 g/mol. The summed E-state index contributed by atoms with van der Waals surface area (Å²) in [6.07, 6.45) is 1.61. The molecule has 0 aliphatic heterocycles. The lowest BCUT2D eigenvalue weighted by Gasteiger charge is -2.13. The Morgan fingerprint density at radius 2 is 2.15 bits per heavy atom. The Morgan fingerprint density at radius 1 is 1.44 bits per heavy atom. The third-order valence-corrected chi connectivity index (χ3v) is 6.02. The first-order valence-electron chi connectivity index (χ1n) is 8.21. The van der Waals surface area contributed by atoms with Crippen LogP contribution in [0.1, 0.15) is 6.92 Å². The van der Waals surface area contributed by atoms with Crippen molar-refractivity contribution in [2.75, 3.05) is 6.54 Å². The van der Waals surface area contributed by atoms with E-state index < -0.39 is 5.25 Å². The van der Waals surface area contributed by atoms with Crippen molar-refractivity contribution in [3.8, 4) is 11.1 Å². The van der Waals surface area contributed by atoms with Crippen molar-refractivity contribution in [2.45, 2.75) is 17.3 Å². The number of thioether (sulfide) groups is 1. The topological polar surface area (TPSA) is 64.0 Å². The minimum absolute atomic E-state index is 0.146. The maximum absolute atomic E-state index is 13.2. The van der Waals surface area contributed by atoms with Gasteiger partial charge in [-0.15, -0.1) is 17.9 Å². The quantitative estimate of drug-likeness (QED) is 0.388. The van der Waals surface area contributed by atoms with Gasteiger partial charge in [-0.05, 0) is 24.6 Å². The molecule has 0 aliphatic carbocycles. The number of halogens is 1. The molecule has 0 radical (unpaired) electrons. The van der Waals surface area contributed by atoms with Gasteiger partial charge in [0.25, 0.3) is 5.56 Å². The van der Waals surface area contributed by atoms with Gasteiger partial charge in [0.2, 0.25) is 5.91 Å². The van der Waals surface area contributed by atoms with E-state index in [4.69, 9.17) is 0 Å². The number of carbonyl (C=O) groups excluding carboxylic acids is 1. The number of nitrogens with zero attached hydrogens (tertiary/aromatic N) is 2. The van der Waals surface area contributed by atoms with Crippen LogP contribution in [0.2, 0.25) is 0 Å². The van der Waals surface area contributed by atoms with Gasteiger partial charge in [-0.25, -0.2) is 9.37 Å². The Kier molecular flexibility index (Phi) is 5.76. The molecule has 0 fully saturated rings. The highest BCUT2D eigenvalue weighted by molar-refractivity contribution is 8.00. The first-order valence-corrected chi connectivity index (χ1v) is 9.97. The average Bonchev–Trinajstić information content (AvgIpc) is 3.08. The predicted octanol–water partition coefficient (Wildman–Crippen LogP) is 3.58. The molecule has 2 heterocycles. The summed E-state index contributed by atoms with van der Waals surface area (Å²) in [5.41, 5.74) is 1.30. The van der Waals surface area contributed by atoms with E-state index in [2.05, 4.69) is 16.9 Å². The van der Waals surface area contributed by atoms with Crippen LogP contribution in [0.15, 0.2) is 52.3 Å². The smallest absolute Gasteiger partial charge is 0.263 e. The van der Waals surface area contributed by atoms with Gasteiger partial charge in [-0.3, -0.25) is 14.2 Å². The van der Waals surface area contributed by atoms with Crippen LogP contribution in [-0.4, -0.2) is 27.3 Å². The van der Waals surface area contributed by atoms with Gasteiger partial charge in [0.05, 0.1) is 10.6 Å². The molecule has 0 saturated heterocycles. The molecule has 0 spiro atoms. The van der Waals surface area contributed by atoms with Gasteiger partial charge in [-0.1, -0.05) is 30.0 Å². The normalized spacial score (nSPS) is 12.1. The number of hydrogen-bond donors (Lipinski definition) is 1. The molecule has 3 aromatic rings. The summed E-state index contributed by atoms with van der Waals surface area (Å²) in [6, 6.07) is 6.02. The molecule has 1 aromatic carbocycles. The highest BCUT2D eigenvalue weighted by atomic mass is 32.2. The second-order valence-corrected chi connectivity index (χ2v) is 8.05. The maximum atomic E-state index is 13.2. The van der Waals surface area contributed by atoms with Gasteiger partial charge < -0.3 is 5.32 Å². The number of aromatic nitrogens is 2. The molecule has 140 valence electrons. The molecule has 0 aliphatic rings. The molecule has 1 atom stereocenters. The molecule has 2 aromatic heterocycles. The number of hydrogen-bond acceptors (Lipinski definition) is 5. The Balaban J connectivity index is 1.98. The summed E-state index contributed by atoms with van der Waals surface area (Å²) in [4.78, 5) is 30.2. The number of benzene rings is 1. The summed E-state index contributed by atoms with van der Waals surface area (Å²) in [5, 5.41) is 5.15. The van der Waals surface area contributed by atoms with E-state index in [9.17, 15) is 14.0 Å². The van der Waals surface area contributed by atoms with Gasteiger partial charge in [0, 0.05) is 24.5 Å². The van der Waals surface area contributed by atoms with Crippen LogP contribution in [0.3, 0.4) is 0 Å². The molecule has 0 unspecified atom stereocenters. The number of nitrogens with one attached hydrogen (secondary N) is 1. The van der Waals surface area contributed by atoms with Crippen LogP contribution in [0.5, 0.6) is 0 Å². The van der Waals surface area contributed by atoms with Gasteiger partial charge in [0.15, 0.2) is 5.16 Å². The lowest BCUT2D eigenvalue weighted by molar-refractivity contribution is -0.120. The highest BCUT2D eigenvalue weighted by Crippen LogP contribution is 2.32. The van der Waals surface area contributed by atoms with Gasteiger partial charge in [0.1, 0.15) is 10.6 Å². The molecular weight excluding hydrogens is 385 g/mol. The summed E-state index contributed by atoms with van der Waals surface area (Å²) < 4.78 is 14.6. The van der Waals surface area contributed by atoms with Crippen LogP contribution in [0, 0.1) is 5.82 Å². The third-order valence-electron chi connectivity index (χ3n) is 4.00. The van der Waals surface area contributed by atoms with Crippen molar-refractivity contribution in [3.05, 3.63) is 58.5 Å². The van der Waals surface area contributed by atoms with Crippen LogP contribution in [0.4, 0.5) is 4.39 Å². The largest absolute Gasteiger partial charge is 0.352 e. The number of thiophene rings is 1. The highest BCUT2D eigenvalue weighted by Gasteiger charge is 2.20. The minimum atomic E-state index is -0.406. The van der Waals surface area contributed by atoms with Crippen molar-refractivity contribution >= 4 is 39.2 Å². The van der Waals surface area contributed by atoms with E-state index in [1.54, 1.807) is 32.2 Å². The van der Waals surface area contributed by atoms with Crippen molar-refractivity contribution in [3.63, 3.8) is 0 Å². The second kappa shape index (κ2) is 8.06. The number of amides is 1. The summed E-state index contributed by atoms with van der Waals surface area (Å²) in [5.74, 6) is -0.473. The molecule has 1 N–H and O–H groups in total. The predicted molar refractivity (Wildman–Crippen MR) is 109 cm³/mol. The van der Waals surface area contributed by atoms with Gasteiger partial charge >= 0.3 is 0 Å². The summed E-state index contributed by atoms with van der Waals surface area (Å²) in [7, 11) is 1.64. The molecule has 5 nitrogen and oxygen atoms in total. The van der Waals surface area contributed by atoms with Crippen molar-refractivity contribution in [2.24, 2.45) is 7.05 Å². The van der Waals surface area contributed by atoms with E-state index in [1.807, 2.05) is 5.38 Å². The average molecular weight is 404 g/mol. The molecule has 1 amide bonds. The Labute approximate surface area is 163 Å². The third kappa shape index (κ3) is 3.96. The standard InChI is InChI=1S/C19H18FN3O2S2/c1-4-9-21-16(24)11(2)27-19-22-17-15(18(25)23(19)3)14(10-26-17)12-5-7-13(20)8-6-12/h4-8,10-11H,1,9H2,2-3H3,(H,21,24)/t11-/m0/s1. The van der Waals surface area contributed by atoms with Crippen LogP contribution < -0.4 is 10.9 Å². The first-order chi connectivity index (χ1) is 12.9. The summed E-state index contributed by atoms with van der Waals surface area (Å²) >= 11 is 2.58. The Bertz CT molecular complexity index is 1060. The first kappa shape index (κ1) is 19.3. The molecule has 0 saturated carbocycles. The van der Waals surface area contributed by atoms with Crippen LogP contribution >= 0.6 is 23.1 Å². The van der Waals surface area contributed by atoms with E-state index in [0.29, 0.717) is 21.9 Å². The molecular formula is C19H18FN3O2S2. The minimum Gasteiger partial charge on any atom is -0.352 e. The number of carbonyl (C=O) groups is 1. The SMILES string of the molecule is C=CCNC(=O)[C@H](C)Sc1nc2scc(-c3ccc(F)cc3)c2c(=O)n1C. The fourth-order valence-electron chi connectivity index (χ4n) is 2.53. The lowest BCUT2D eigenvalue weighted by atomic mass is 10.1. The van der Waals surface area contributed by atoms with Crippen molar-refractivity contribution in [1.82, 2.24) is 14.9 Å². The van der Waals surface area contributed by atoms with E-state index in [-0.39, 0.29) is 17.3 Å². The zero-order valence-electron chi connectivity index (χ0n) is 14.9. The van der Waals surface area contributed by atoms with Crippen molar-refractivity contribution < 1.29 is 9.18 Å². The second-order valence-electron chi connectivity index (χ2n) is 5.89. The fraction of sp³-hybridized carbons (Fsp3) is 0.211. The van der Waals surface area contributed by atoms with E-state index in [0.717, 1.165) is 11.1 Å². The van der Waals surface area contributed by atoms with Crippen LogP contribution in [-0.2, 0) is 11.8 Å². The van der Waals surface area contributed by atoms with E-state index >= 15 is 0 Å². The summed E-state index contributed by atoms with van der Waals surface area (Å²) in [6.45, 7) is 5.72.